The van der Waals surface area contributed by atoms with Crippen molar-refractivity contribution in [1.29, 1.82) is 0 Å². The number of pyridine rings is 1. The Hall–Kier alpha value is -3.71. The highest BCUT2D eigenvalue weighted by atomic mass is 32.2. The first-order chi connectivity index (χ1) is 16.9. The molecule has 1 aliphatic carbocycles. The molecule has 35 heavy (non-hydrogen) atoms. The number of methoxy groups -OCH3 is 1. The first-order valence-electron chi connectivity index (χ1n) is 11.6. The maximum atomic E-state index is 13.6. The quantitative estimate of drug-likeness (QED) is 0.422. The third-order valence-corrected chi connectivity index (χ3v) is 8.02. The number of nitrogens with one attached hydrogen (secondary N) is 1. The topological polar surface area (TPSA) is 85.4 Å². The molecule has 0 bridgehead atoms. The fraction of sp³-hybridized carbons (Fsp3) is 0.214. The van der Waals surface area contributed by atoms with Gasteiger partial charge in [0.1, 0.15) is 5.75 Å². The second-order valence-electron chi connectivity index (χ2n) is 8.79. The normalized spacial score (nSPS) is 15.4. The number of benzene rings is 3. The summed E-state index contributed by atoms with van der Waals surface area (Å²) >= 11 is 0. The van der Waals surface area contributed by atoms with Crippen LogP contribution in [0.5, 0.6) is 5.75 Å². The van der Waals surface area contributed by atoms with Crippen LogP contribution in [0.1, 0.15) is 35.6 Å². The lowest BCUT2D eigenvalue weighted by atomic mass is 9.78. The van der Waals surface area contributed by atoms with Crippen molar-refractivity contribution in [3.8, 4) is 16.9 Å². The van der Waals surface area contributed by atoms with Crippen molar-refractivity contribution in [3.05, 3.63) is 89.7 Å². The highest BCUT2D eigenvalue weighted by Crippen LogP contribution is 2.43. The Morgan fingerprint density at radius 2 is 1.83 bits per heavy atom. The van der Waals surface area contributed by atoms with Crippen molar-refractivity contribution in [1.82, 2.24) is 9.71 Å². The number of rotatable bonds is 5. The van der Waals surface area contributed by atoms with Crippen LogP contribution < -0.4 is 9.46 Å². The van der Waals surface area contributed by atoms with Crippen LogP contribution in [0.4, 0.5) is 0 Å². The fourth-order valence-electron chi connectivity index (χ4n) is 4.95. The van der Waals surface area contributed by atoms with E-state index >= 15 is 0 Å². The maximum absolute atomic E-state index is 13.6. The van der Waals surface area contributed by atoms with E-state index in [1.165, 1.54) is 6.07 Å². The number of amides is 1. The average molecular weight is 487 g/mol. The van der Waals surface area contributed by atoms with Crippen LogP contribution in [0.3, 0.4) is 0 Å². The molecule has 1 aliphatic rings. The van der Waals surface area contributed by atoms with E-state index in [2.05, 4.69) is 9.71 Å². The van der Waals surface area contributed by atoms with Gasteiger partial charge in [0.25, 0.3) is 10.0 Å². The van der Waals surface area contributed by atoms with E-state index in [-0.39, 0.29) is 4.90 Å². The molecule has 0 spiro atoms. The smallest absolute Gasteiger partial charge is 0.264 e. The van der Waals surface area contributed by atoms with E-state index in [1.807, 2.05) is 49.4 Å². The maximum Gasteiger partial charge on any atom is 0.264 e. The molecule has 0 saturated carbocycles. The van der Waals surface area contributed by atoms with Gasteiger partial charge in [0, 0.05) is 22.8 Å². The molecule has 3 aromatic carbocycles. The van der Waals surface area contributed by atoms with Crippen LogP contribution in [-0.2, 0) is 21.2 Å². The fourth-order valence-corrected chi connectivity index (χ4v) is 6.20. The van der Waals surface area contributed by atoms with Crippen molar-refractivity contribution in [3.63, 3.8) is 0 Å². The van der Waals surface area contributed by atoms with Crippen LogP contribution in [0.25, 0.3) is 21.9 Å². The largest absolute Gasteiger partial charge is 0.496 e. The summed E-state index contributed by atoms with van der Waals surface area (Å²) in [6, 6.07) is 20.0. The van der Waals surface area contributed by atoms with Gasteiger partial charge in [0.2, 0.25) is 5.91 Å². The van der Waals surface area contributed by atoms with Gasteiger partial charge in [-0.25, -0.2) is 13.1 Å². The summed E-state index contributed by atoms with van der Waals surface area (Å²) in [5, 5.41) is 1.37. The number of hydrogen-bond acceptors (Lipinski definition) is 5. The molecule has 178 valence electrons. The number of aromatic nitrogens is 1. The zero-order valence-corrected chi connectivity index (χ0v) is 20.4. The molecule has 1 heterocycles. The Morgan fingerprint density at radius 1 is 1.03 bits per heavy atom. The second kappa shape index (κ2) is 9.15. The Labute approximate surface area is 205 Å². The first-order valence-corrected chi connectivity index (χ1v) is 13.0. The first kappa shape index (κ1) is 23.1. The molecule has 1 atom stereocenters. The van der Waals surface area contributed by atoms with Gasteiger partial charge in [0.15, 0.2) is 0 Å². The van der Waals surface area contributed by atoms with Crippen molar-refractivity contribution in [2.45, 2.75) is 37.0 Å². The molecule has 0 saturated heterocycles. The van der Waals surface area contributed by atoms with E-state index in [9.17, 15) is 13.2 Å². The lowest BCUT2D eigenvalue weighted by Gasteiger charge is -2.29. The SMILES string of the molecule is COc1ccc(-c2ccc(C)nc2)c2c1CCCC2C(=O)NS(=O)(=O)c1cccc2ccccc12. The van der Waals surface area contributed by atoms with Crippen molar-refractivity contribution < 1.29 is 17.9 Å². The molecule has 0 fully saturated rings. The average Bonchev–Trinajstić information content (AvgIpc) is 2.87. The van der Waals surface area contributed by atoms with Gasteiger partial charge >= 0.3 is 0 Å². The van der Waals surface area contributed by atoms with Gasteiger partial charge in [-0.1, -0.05) is 48.5 Å². The van der Waals surface area contributed by atoms with Gasteiger partial charge in [-0.3, -0.25) is 9.78 Å². The molecule has 1 N–H and O–H groups in total. The predicted octanol–water partition coefficient (Wildman–Crippen LogP) is 5.14. The Bertz CT molecular complexity index is 1520. The summed E-state index contributed by atoms with van der Waals surface area (Å²) in [4.78, 5) is 18.1. The van der Waals surface area contributed by atoms with Crippen molar-refractivity contribution in [2.24, 2.45) is 0 Å². The van der Waals surface area contributed by atoms with Gasteiger partial charge in [-0.2, -0.15) is 0 Å². The van der Waals surface area contributed by atoms with Gasteiger partial charge < -0.3 is 4.74 Å². The van der Waals surface area contributed by atoms with Crippen LogP contribution in [0.2, 0.25) is 0 Å². The Kier molecular flexibility index (Phi) is 6.03. The highest BCUT2D eigenvalue weighted by Gasteiger charge is 2.34. The van der Waals surface area contributed by atoms with E-state index in [1.54, 1.807) is 31.5 Å². The van der Waals surface area contributed by atoms with Gasteiger partial charge in [-0.05, 0) is 66.5 Å². The predicted molar refractivity (Wildman–Crippen MR) is 136 cm³/mol. The Balaban J connectivity index is 1.57. The summed E-state index contributed by atoms with van der Waals surface area (Å²) < 4.78 is 34.7. The number of carbonyl (C=O) groups is 1. The number of fused-ring (bicyclic) bond motifs is 2. The third kappa shape index (κ3) is 4.28. The number of carbonyl (C=O) groups excluding carboxylic acids is 1. The Morgan fingerprint density at radius 3 is 2.60 bits per heavy atom. The van der Waals surface area contributed by atoms with Crippen LogP contribution >= 0.6 is 0 Å². The molecule has 1 aromatic heterocycles. The molecule has 5 rings (SSSR count). The minimum atomic E-state index is -4.08. The van der Waals surface area contributed by atoms with Gasteiger partial charge in [-0.15, -0.1) is 0 Å². The molecule has 1 amide bonds. The van der Waals surface area contributed by atoms with E-state index in [0.29, 0.717) is 17.6 Å². The monoisotopic (exact) mass is 486 g/mol. The van der Waals surface area contributed by atoms with E-state index in [0.717, 1.165) is 46.2 Å². The molecule has 0 aliphatic heterocycles. The molecule has 6 nitrogen and oxygen atoms in total. The van der Waals surface area contributed by atoms with Crippen molar-refractivity contribution >= 4 is 26.7 Å². The van der Waals surface area contributed by atoms with Gasteiger partial charge in [0.05, 0.1) is 17.9 Å². The van der Waals surface area contributed by atoms with Crippen LogP contribution in [-0.4, -0.2) is 26.4 Å². The molecular weight excluding hydrogens is 460 g/mol. The number of aryl methyl sites for hydroxylation is 1. The summed E-state index contributed by atoms with van der Waals surface area (Å²) in [7, 11) is -2.47. The molecule has 0 radical (unpaired) electrons. The second-order valence-corrected chi connectivity index (χ2v) is 10.4. The standard InChI is InChI=1S/C28H26N2O4S/c1-18-13-14-20(17-29-18)22-15-16-25(34-2)23-10-6-11-24(27(22)23)28(31)30-35(32,33)26-12-5-8-19-7-3-4-9-21(19)26/h3-5,7-9,12-17,24H,6,10-11H2,1-2H3,(H,30,31). The van der Waals surface area contributed by atoms with E-state index in [4.69, 9.17) is 4.74 Å². The third-order valence-electron chi connectivity index (χ3n) is 6.62. The minimum absolute atomic E-state index is 0.0913. The molecular formula is C28H26N2O4S. The number of ether oxygens (including phenoxy) is 1. The number of sulfonamides is 1. The molecule has 7 heteroatoms. The van der Waals surface area contributed by atoms with Crippen LogP contribution in [0.15, 0.2) is 77.8 Å². The molecule has 4 aromatic rings. The van der Waals surface area contributed by atoms with E-state index < -0.39 is 21.8 Å². The zero-order valence-electron chi connectivity index (χ0n) is 19.6. The summed E-state index contributed by atoms with van der Waals surface area (Å²) in [5.41, 5.74) is 4.40. The summed E-state index contributed by atoms with van der Waals surface area (Å²) in [6.07, 6.45) is 3.84. The number of nitrogens with zero attached hydrogens (tertiary/aromatic N) is 1. The zero-order chi connectivity index (χ0) is 24.6. The highest BCUT2D eigenvalue weighted by molar-refractivity contribution is 7.90. The minimum Gasteiger partial charge on any atom is -0.496 e. The molecule has 1 unspecified atom stereocenters. The number of hydrogen-bond donors (Lipinski definition) is 1. The van der Waals surface area contributed by atoms with Crippen molar-refractivity contribution in [2.75, 3.05) is 7.11 Å². The van der Waals surface area contributed by atoms with Crippen LogP contribution in [0, 0.1) is 6.92 Å². The summed E-state index contributed by atoms with van der Waals surface area (Å²) in [6.45, 7) is 1.92. The summed E-state index contributed by atoms with van der Waals surface area (Å²) in [5.74, 6) is -0.457. The lowest BCUT2D eigenvalue weighted by molar-refractivity contribution is -0.121. The lowest BCUT2D eigenvalue weighted by Crippen LogP contribution is -2.36.